The minimum absolute atomic E-state index is 0.211. The van der Waals surface area contributed by atoms with Gasteiger partial charge < -0.3 is 5.11 Å². The van der Waals surface area contributed by atoms with Crippen molar-refractivity contribution < 1.29 is 14.3 Å². The van der Waals surface area contributed by atoms with Crippen molar-refractivity contribution in [1.82, 2.24) is 0 Å². The molecule has 3 rings (SSSR count). The molecule has 0 bridgehead atoms. The first-order chi connectivity index (χ1) is 11.9. The van der Waals surface area contributed by atoms with Crippen molar-refractivity contribution in [3.63, 3.8) is 0 Å². The minimum Gasteiger partial charge on any atom is -0.481 e. The molecule has 2 aromatic carbocycles. The molecule has 3 heteroatoms. The van der Waals surface area contributed by atoms with E-state index in [9.17, 15) is 14.3 Å². The van der Waals surface area contributed by atoms with Crippen molar-refractivity contribution in [2.45, 2.75) is 57.3 Å². The second-order valence-electron chi connectivity index (χ2n) is 7.58. The fraction of sp³-hybridized carbons (Fsp3) is 0.409. The van der Waals surface area contributed by atoms with Gasteiger partial charge in [-0.15, -0.1) is 0 Å². The summed E-state index contributed by atoms with van der Waals surface area (Å²) in [5.41, 5.74) is 2.07. The number of carboxylic acid groups (broad SMARTS) is 1. The molecule has 2 aromatic rings. The number of carbonyl (C=O) groups is 1. The molecule has 0 heterocycles. The Morgan fingerprint density at radius 1 is 1.00 bits per heavy atom. The van der Waals surface area contributed by atoms with Gasteiger partial charge in [-0.25, -0.2) is 4.39 Å². The van der Waals surface area contributed by atoms with Crippen LogP contribution in [0.1, 0.15) is 63.0 Å². The zero-order chi connectivity index (χ0) is 18.0. The SMILES string of the molecule is CC(C)(C(=O)O)c1ccc(-c2ccc(C3CCCCC3)cc2)cc1F. The van der Waals surface area contributed by atoms with E-state index >= 15 is 0 Å². The Morgan fingerprint density at radius 2 is 1.60 bits per heavy atom. The summed E-state index contributed by atoms with van der Waals surface area (Å²) >= 11 is 0. The Kier molecular flexibility index (Phi) is 4.94. The van der Waals surface area contributed by atoms with Crippen LogP contribution in [0.4, 0.5) is 4.39 Å². The zero-order valence-corrected chi connectivity index (χ0v) is 14.9. The number of aliphatic carboxylic acids is 1. The van der Waals surface area contributed by atoms with E-state index in [1.165, 1.54) is 57.6 Å². The predicted octanol–water partition coefficient (Wildman–Crippen LogP) is 5.90. The van der Waals surface area contributed by atoms with Crippen molar-refractivity contribution in [2.24, 2.45) is 0 Å². The third-order valence-corrected chi connectivity index (χ3v) is 5.50. The Hall–Kier alpha value is -2.16. The second-order valence-corrected chi connectivity index (χ2v) is 7.58. The maximum absolute atomic E-state index is 14.5. The van der Waals surface area contributed by atoms with E-state index in [1.54, 1.807) is 12.1 Å². The number of halogens is 1. The monoisotopic (exact) mass is 340 g/mol. The summed E-state index contributed by atoms with van der Waals surface area (Å²) in [7, 11) is 0. The average molecular weight is 340 g/mol. The summed E-state index contributed by atoms with van der Waals surface area (Å²) in [6, 6.07) is 13.2. The lowest BCUT2D eigenvalue weighted by Crippen LogP contribution is -2.29. The van der Waals surface area contributed by atoms with Crippen molar-refractivity contribution in [3.8, 4) is 11.1 Å². The van der Waals surface area contributed by atoms with Gasteiger partial charge in [0.25, 0.3) is 0 Å². The molecular weight excluding hydrogens is 315 g/mol. The topological polar surface area (TPSA) is 37.3 Å². The molecule has 0 saturated heterocycles. The van der Waals surface area contributed by atoms with Gasteiger partial charge in [0.05, 0.1) is 5.41 Å². The van der Waals surface area contributed by atoms with Gasteiger partial charge in [-0.2, -0.15) is 0 Å². The lowest BCUT2D eigenvalue weighted by molar-refractivity contribution is -0.142. The van der Waals surface area contributed by atoms with Crippen LogP contribution in [0.15, 0.2) is 42.5 Å². The van der Waals surface area contributed by atoms with Crippen LogP contribution in [-0.2, 0) is 10.2 Å². The molecule has 1 aliphatic carbocycles. The first-order valence-corrected chi connectivity index (χ1v) is 9.03. The maximum atomic E-state index is 14.5. The van der Waals surface area contributed by atoms with Crippen molar-refractivity contribution in [2.75, 3.05) is 0 Å². The molecule has 0 amide bonds. The Labute approximate surface area is 148 Å². The molecule has 1 aliphatic rings. The standard InChI is InChI=1S/C22H25FO2/c1-22(2,21(24)25)19-13-12-18(14-20(19)23)17-10-8-16(9-11-17)15-6-4-3-5-7-15/h8-15H,3-7H2,1-2H3,(H,24,25). The molecule has 0 unspecified atom stereocenters. The van der Waals surface area contributed by atoms with Gasteiger partial charge in [-0.3, -0.25) is 4.79 Å². The van der Waals surface area contributed by atoms with Gasteiger partial charge in [-0.05, 0) is 55.4 Å². The van der Waals surface area contributed by atoms with Gasteiger partial charge in [-0.1, -0.05) is 55.7 Å². The van der Waals surface area contributed by atoms with Crippen LogP contribution in [0, 0.1) is 5.82 Å². The lowest BCUT2D eigenvalue weighted by atomic mass is 9.82. The Morgan fingerprint density at radius 3 is 2.16 bits per heavy atom. The quantitative estimate of drug-likeness (QED) is 0.752. The molecular formula is C22H25FO2. The van der Waals surface area contributed by atoms with Crippen LogP contribution in [0.3, 0.4) is 0 Å². The summed E-state index contributed by atoms with van der Waals surface area (Å²) in [5.74, 6) is -0.851. The summed E-state index contributed by atoms with van der Waals surface area (Å²) in [4.78, 5) is 11.3. The van der Waals surface area contributed by atoms with Crippen LogP contribution in [0.25, 0.3) is 11.1 Å². The maximum Gasteiger partial charge on any atom is 0.313 e. The smallest absolute Gasteiger partial charge is 0.313 e. The van der Waals surface area contributed by atoms with Crippen LogP contribution in [0.5, 0.6) is 0 Å². The molecule has 1 N–H and O–H groups in total. The van der Waals surface area contributed by atoms with Gasteiger partial charge in [0.2, 0.25) is 0 Å². The Balaban J connectivity index is 1.85. The normalized spacial score (nSPS) is 16.0. The highest BCUT2D eigenvalue weighted by molar-refractivity contribution is 5.80. The van der Waals surface area contributed by atoms with Crippen molar-refractivity contribution in [1.29, 1.82) is 0 Å². The molecule has 1 fully saturated rings. The van der Waals surface area contributed by atoms with E-state index in [2.05, 4.69) is 12.1 Å². The number of benzene rings is 2. The number of rotatable bonds is 4. The van der Waals surface area contributed by atoms with E-state index in [4.69, 9.17) is 0 Å². The van der Waals surface area contributed by atoms with Crippen LogP contribution < -0.4 is 0 Å². The first-order valence-electron chi connectivity index (χ1n) is 9.03. The van der Waals surface area contributed by atoms with Gasteiger partial charge in [0.1, 0.15) is 5.82 Å². The fourth-order valence-electron chi connectivity index (χ4n) is 3.70. The summed E-state index contributed by atoms with van der Waals surface area (Å²) in [6.07, 6.45) is 6.46. The van der Waals surface area contributed by atoms with Gasteiger partial charge in [0, 0.05) is 5.56 Å². The van der Waals surface area contributed by atoms with Crippen molar-refractivity contribution in [3.05, 3.63) is 59.4 Å². The van der Waals surface area contributed by atoms with E-state index in [0.717, 1.165) is 11.1 Å². The summed E-state index contributed by atoms with van der Waals surface area (Å²) in [6.45, 7) is 3.04. The van der Waals surface area contributed by atoms with E-state index in [-0.39, 0.29) is 5.56 Å². The minimum atomic E-state index is -1.24. The van der Waals surface area contributed by atoms with Crippen LogP contribution >= 0.6 is 0 Å². The molecule has 2 nitrogen and oxygen atoms in total. The highest BCUT2D eigenvalue weighted by atomic mass is 19.1. The molecule has 25 heavy (non-hydrogen) atoms. The number of carboxylic acids is 1. The third-order valence-electron chi connectivity index (χ3n) is 5.50. The highest BCUT2D eigenvalue weighted by Crippen LogP contribution is 2.34. The summed E-state index contributed by atoms with van der Waals surface area (Å²) < 4.78 is 14.5. The van der Waals surface area contributed by atoms with Crippen LogP contribution in [-0.4, -0.2) is 11.1 Å². The lowest BCUT2D eigenvalue weighted by Gasteiger charge is -2.22. The largest absolute Gasteiger partial charge is 0.481 e. The van der Waals surface area contributed by atoms with E-state index in [1.807, 2.05) is 12.1 Å². The third kappa shape index (κ3) is 3.60. The van der Waals surface area contributed by atoms with Crippen molar-refractivity contribution >= 4 is 5.97 Å². The zero-order valence-electron chi connectivity index (χ0n) is 14.9. The highest BCUT2D eigenvalue weighted by Gasteiger charge is 2.32. The molecule has 0 atom stereocenters. The molecule has 0 spiro atoms. The Bertz CT molecular complexity index is 756. The van der Waals surface area contributed by atoms with Crippen LogP contribution in [0.2, 0.25) is 0 Å². The summed E-state index contributed by atoms with van der Waals surface area (Å²) in [5, 5.41) is 9.29. The molecule has 0 aromatic heterocycles. The van der Waals surface area contributed by atoms with E-state index < -0.39 is 17.2 Å². The second kappa shape index (κ2) is 6.99. The molecule has 0 aliphatic heterocycles. The number of hydrogen-bond donors (Lipinski definition) is 1. The molecule has 1 saturated carbocycles. The number of hydrogen-bond acceptors (Lipinski definition) is 1. The molecule has 132 valence electrons. The predicted molar refractivity (Wildman–Crippen MR) is 98.3 cm³/mol. The fourth-order valence-corrected chi connectivity index (χ4v) is 3.70. The van der Waals surface area contributed by atoms with Gasteiger partial charge in [0.15, 0.2) is 0 Å². The molecule has 0 radical (unpaired) electrons. The average Bonchev–Trinajstić information content (AvgIpc) is 2.62. The first kappa shape index (κ1) is 17.7. The van der Waals surface area contributed by atoms with E-state index in [0.29, 0.717) is 5.92 Å². The van der Waals surface area contributed by atoms with Gasteiger partial charge >= 0.3 is 5.97 Å².